The zero-order valence-corrected chi connectivity index (χ0v) is 15.7. The molecule has 0 fully saturated rings. The molecule has 0 amide bonds. The molecular weight excluding hydrogens is 342 g/mol. The topological polar surface area (TPSA) is 70.8 Å². The Labute approximate surface area is 157 Å². The number of hydrogen-bond donors (Lipinski definition) is 1. The second-order valence-corrected chi connectivity index (χ2v) is 7.02. The zero-order chi connectivity index (χ0) is 19.6. The van der Waals surface area contributed by atoms with Crippen molar-refractivity contribution in [3.05, 3.63) is 76.1 Å². The van der Waals surface area contributed by atoms with Crippen LogP contribution in [0, 0.1) is 5.92 Å². The number of rotatable bonds is 6. The molecule has 0 aliphatic heterocycles. The van der Waals surface area contributed by atoms with Gasteiger partial charge in [0.05, 0.1) is 10.9 Å². The lowest BCUT2D eigenvalue weighted by Gasteiger charge is -2.28. The van der Waals surface area contributed by atoms with Crippen molar-refractivity contribution in [1.82, 2.24) is 4.90 Å². The Hall–Kier alpha value is -2.92. The highest BCUT2D eigenvalue weighted by Crippen LogP contribution is 2.38. The summed E-state index contributed by atoms with van der Waals surface area (Å²) in [6, 6.07) is 16.2. The van der Waals surface area contributed by atoms with Crippen molar-refractivity contribution in [2.75, 3.05) is 20.6 Å². The average Bonchev–Trinajstić information content (AvgIpc) is 2.64. The van der Waals surface area contributed by atoms with Crippen LogP contribution < -0.4 is 5.63 Å². The van der Waals surface area contributed by atoms with E-state index in [9.17, 15) is 14.7 Å². The molecule has 1 N–H and O–H groups in total. The van der Waals surface area contributed by atoms with E-state index >= 15 is 0 Å². The lowest BCUT2D eigenvalue weighted by molar-refractivity contribution is -0.121. The number of nitrogens with zero attached hydrogens (tertiary/aromatic N) is 1. The number of fused-ring (bicyclic) bond motifs is 1. The summed E-state index contributed by atoms with van der Waals surface area (Å²) >= 11 is 0. The van der Waals surface area contributed by atoms with Gasteiger partial charge in [-0.05, 0) is 38.7 Å². The molecule has 0 spiro atoms. The van der Waals surface area contributed by atoms with Crippen molar-refractivity contribution >= 4 is 16.8 Å². The summed E-state index contributed by atoms with van der Waals surface area (Å²) in [7, 11) is 3.75. The number of benzene rings is 2. The summed E-state index contributed by atoms with van der Waals surface area (Å²) in [5.41, 5.74) is 0.618. The fourth-order valence-electron chi connectivity index (χ4n) is 3.54. The lowest BCUT2D eigenvalue weighted by atomic mass is 9.78. The van der Waals surface area contributed by atoms with Crippen LogP contribution in [-0.4, -0.2) is 36.4 Å². The van der Waals surface area contributed by atoms with Crippen LogP contribution in [0.15, 0.2) is 63.8 Å². The second-order valence-electron chi connectivity index (χ2n) is 7.02. The minimum atomic E-state index is -0.620. The van der Waals surface area contributed by atoms with E-state index in [0.717, 1.165) is 5.56 Å². The van der Waals surface area contributed by atoms with Crippen LogP contribution in [0.3, 0.4) is 0 Å². The quantitative estimate of drug-likeness (QED) is 0.678. The number of Topliss-reactive ketones (excluding diaryl/α,β-unsaturated/α-hetero) is 1. The fraction of sp³-hybridized carbons (Fsp3) is 0.273. The monoisotopic (exact) mass is 365 g/mol. The van der Waals surface area contributed by atoms with Crippen LogP contribution in [0.25, 0.3) is 11.0 Å². The molecule has 0 aliphatic carbocycles. The van der Waals surface area contributed by atoms with Gasteiger partial charge < -0.3 is 14.4 Å². The van der Waals surface area contributed by atoms with E-state index in [2.05, 4.69) is 0 Å². The van der Waals surface area contributed by atoms with Crippen LogP contribution in [0.4, 0.5) is 0 Å². The molecule has 0 radical (unpaired) electrons. The van der Waals surface area contributed by atoms with Crippen LogP contribution >= 0.6 is 0 Å². The Morgan fingerprint density at radius 2 is 1.70 bits per heavy atom. The largest absolute Gasteiger partial charge is 0.507 e. The van der Waals surface area contributed by atoms with Gasteiger partial charge in [-0.3, -0.25) is 4.79 Å². The van der Waals surface area contributed by atoms with Crippen molar-refractivity contribution in [3.8, 4) is 5.75 Å². The molecule has 0 saturated carbocycles. The first-order chi connectivity index (χ1) is 12.9. The summed E-state index contributed by atoms with van der Waals surface area (Å²) in [5.74, 6) is -1.28. The maximum Gasteiger partial charge on any atom is 0.343 e. The Bertz CT molecular complexity index is 1010. The first kappa shape index (κ1) is 18.9. The molecule has 5 heteroatoms. The van der Waals surface area contributed by atoms with Gasteiger partial charge in [-0.25, -0.2) is 4.79 Å². The van der Waals surface area contributed by atoms with Gasteiger partial charge in [0.25, 0.3) is 0 Å². The van der Waals surface area contributed by atoms with Crippen molar-refractivity contribution in [3.63, 3.8) is 0 Å². The van der Waals surface area contributed by atoms with Crippen LogP contribution in [0.1, 0.15) is 24.0 Å². The third-order valence-corrected chi connectivity index (χ3v) is 4.78. The number of ketones is 1. The fourth-order valence-corrected chi connectivity index (χ4v) is 3.54. The van der Waals surface area contributed by atoms with Gasteiger partial charge in [0.15, 0.2) is 0 Å². The van der Waals surface area contributed by atoms with Gasteiger partial charge in [0.2, 0.25) is 0 Å². The van der Waals surface area contributed by atoms with Gasteiger partial charge in [0, 0.05) is 18.4 Å². The van der Waals surface area contributed by atoms with E-state index in [1.807, 2.05) is 49.3 Å². The Morgan fingerprint density at radius 3 is 2.33 bits per heavy atom. The standard InChI is InChI=1S/C22H23NO4/c1-14(24)17(13-23(2)3)19(15-9-5-4-6-10-15)20-21(25)16-11-7-8-12-18(16)27-22(20)26/h4-12,17,19,25H,13H2,1-3H3/t17-,19-/m0/s1. The number of carbonyl (C=O) groups excluding carboxylic acids is 1. The molecule has 0 bridgehead atoms. The molecule has 1 aromatic heterocycles. The number of hydrogen-bond acceptors (Lipinski definition) is 5. The second kappa shape index (κ2) is 7.76. The zero-order valence-electron chi connectivity index (χ0n) is 15.7. The van der Waals surface area contributed by atoms with E-state index in [0.29, 0.717) is 17.5 Å². The molecule has 0 unspecified atom stereocenters. The number of para-hydroxylation sites is 1. The minimum absolute atomic E-state index is 0.0514. The van der Waals surface area contributed by atoms with Crippen LogP contribution in [0.2, 0.25) is 0 Å². The smallest absolute Gasteiger partial charge is 0.343 e. The Balaban J connectivity index is 2.30. The van der Waals surface area contributed by atoms with Crippen molar-refractivity contribution in [2.45, 2.75) is 12.8 Å². The van der Waals surface area contributed by atoms with E-state index in [1.165, 1.54) is 6.92 Å². The first-order valence-electron chi connectivity index (χ1n) is 8.85. The molecule has 3 rings (SSSR count). The molecule has 0 saturated heterocycles. The molecule has 3 aromatic rings. The molecule has 140 valence electrons. The summed E-state index contributed by atoms with van der Waals surface area (Å²) in [6.45, 7) is 1.96. The summed E-state index contributed by atoms with van der Waals surface area (Å²) in [4.78, 5) is 27.2. The van der Waals surface area contributed by atoms with E-state index in [4.69, 9.17) is 4.42 Å². The predicted molar refractivity (Wildman–Crippen MR) is 105 cm³/mol. The predicted octanol–water partition coefficient (Wildman–Crippen LogP) is 3.40. The summed E-state index contributed by atoms with van der Waals surface area (Å²) < 4.78 is 5.47. The molecule has 5 nitrogen and oxygen atoms in total. The van der Waals surface area contributed by atoms with Gasteiger partial charge in [-0.2, -0.15) is 0 Å². The highest BCUT2D eigenvalue weighted by atomic mass is 16.4. The Kier molecular flexibility index (Phi) is 5.42. The minimum Gasteiger partial charge on any atom is -0.507 e. The Morgan fingerprint density at radius 1 is 1.07 bits per heavy atom. The molecule has 1 heterocycles. The van der Waals surface area contributed by atoms with Crippen molar-refractivity contribution in [1.29, 1.82) is 0 Å². The van der Waals surface area contributed by atoms with E-state index in [1.54, 1.807) is 24.3 Å². The number of carbonyl (C=O) groups is 1. The van der Waals surface area contributed by atoms with Gasteiger partial charge >= 0.3 is 5.63 Å². The van der Waals surface area contributed by atoms with E-state index < -0.39 is 17.5 Å². The maximum atomic E-state index is 12.8. The molecule has 27 heavy (non-hydrogen) atoms. The molecule has 2 aromatic carbocycles. The normalized spacial score (nSPS) is 13.6. The van der Waals surface area contributed by atoms with Crippen molar-refractivity contribution < 1.29 is 14.3 Å². The third kappa shape index (κ3) is 3.78. The molecular formula is C22H23NO4. The number of aromatic hydroxyl groups is 1. The third-order valence-electron chi connectivity index (χ3n) is 4.78. The van der Waals surface area contributed by atoms with Crippen molar-refractivity contribution in [2.24, 2.45) is 5.92 Å². The van der Waals surface area contributed by atoms with Crippen LogP contribution in [-0.2, 0) is 4.79 Å². The summed E-state index contributed by atoms with van der Waals surface area (Å²) in [6.07, 6.45) is 0. The molecule has 0 aliphatic rings. The highest BCUT2D eigenvalue weighted by Gasteiger charge is 2.34. The van der Waals surface area contributed by atoms with Gasteiger partial charge in [0.1, 0.15) is 17.1 Å². The summed E-state index contributed by atoms with van der Waals surface area (Å²) in [5, 5.41) is 11.4. The maximum absolute atomic E-state index is 12.8. The van der Waals surface area contributed by atoms with Gasteiger partial charge in [-0.1, -0.05) is 42.5 Å². The highest BCUT2D eigenvalue weighted by molar-refractivity contribution is 5.85. The lowest BCUT2D eigenvalue weighted by Crippen LogP contribution is -2.34. The average molecular weight is 365 g/mol. The molecule has 2 atom stereocenters. The van der Waals surface area contributed by atoms with Gasteiger partial charge in [-0.15, -0.1) is 0 Å². The van der Waals surface area contributed by atoms with Crippen LogP contribution in [0.5, 0.6) is 5.75 Å². The SMILES string of the molecule is CC(=O)[C@H](CN(C)C)[C@H](c1ccccc1)c1c(O)c2ccccc2oc1=O. The first-order valence-corrected chi connectivity index (χ1v) is 8.85. The van der Waals surface area contributed by atoms with E-state index in [-0.39, 0.29) is 17.1 Å².